The number of likely N-dealkylation sites (tertiary alicyclic amines) is 1. The normalized spacial score (nSPS) is 30.9. The molecule has 192 valence electrons. The minimum absolute atomic E-state index is 0.0324. The Morgan fingerprint density at radius 2 is 1.94 bits per heavy atom. The third-order valence-electron chi connectivity index (χ3n) is 8.31. The number of fused-ring (bicyclic) bond motifs is 2. The molecular formula is C26H34F3N3O3. The van der Waals surface area contributed by atoms with Gasteiger partial charge in [0.1, 0.15) is 5.75 Å². The van der Waals surface area contributed by atoms with Crippen molar-refractivity contribution in [2.75, 3.05) is 38.2 Å². The number of carbonyl (C=O) groups is 1. The van der Waals surface area contributed by atoms with Crippen LogP contribution in [0.2, 0.25) is 0 Å². The number of rotatable bonds is 8. The average Bonchev–Trinajstić information content (AvgIpc) is 3.43. The van der Waals surface area contributed by atoms with Gasteiger partial charge in [-0.3, -0.25) is 9.69 Å². The molecule has 1 aromatic heterocycles. The van der Waals surface area contributed by atoms with E-state index >= 15 is 0 Å². The summed E-state index contributed by atoms with van der Waals surface area (Å²) in [5, 5.41) is 13.2. The highest BCUT2D eigenvalue weighted by atomic mass is 19.4. The first-order valence-corrected chi connectivity index (χ1v) is 12.6. The van der Waals surface area contributed by atoms with E-state index in [2.05, 4.69) is 10.3 Å². The highest BCUT2D eigenvalue weighted by molar-refractivity contribution is 6.04. The van der Waals surface area contributed by atoms with Crippen molar-refractivity contribution in [2.24, 2.45) is 29.1 Å². The van der Waals surface area contributed by atoms with Crippen LogP contribution < -0.4 is 10.1 Å². The summed E-state index contributed by atoms with van der Waals surface area (Å²) in [5.41, 5.74) is 1.18. The van der Waals surface area contributed by atoms with Crippen LogP contribution in [0.5, 0.6) is 5.75 Å². The summed E-state index contributed by atoms with van der Waals surface area (Å²) in [7, 11) is 0. The molecule has 1 amide bonds. The number of aliphatic hydroxyl groups is 1. The number of ether oxygens (including phenoxy) is 1. The fourth-order valence-electron chi connectivity index (χ4n) is 6.58. The SMILES string of the molecule is C[C@]1(C(=O)Nc2c[nH]c3ccc(OCC[C@@H]4C[C@@H]5CN(CC(F)(F)F)C[C@@H]5C4)cc23)C[C@H](CO)C1. The molecule has 3 atom stereocenters. The number of hydrogen-bond donors (Lipinski definition) is 3. The number of carbonyl (C=O) groups excluding carboxylic acids is 1. The lowest BCUT2D eigenvalue weighted by molar-refractivity contribution is -0.144. The lowest BCUT2D eigenvalue weighted by atomic mass is 9.63. The van der Waals surface area contributed by atoms with Gasteiger partial charge in [-0.05, 0) is 74.0 Å². The molecule has 1 saturated heterocycles. The molecular weight excluding hydrogens is 459 g/mol. The largest absolute Gasteiger partial charge is 0.494 e. The van der Waals surface area contributed by atoms with Gasteiger partial charge < -0.3 is 20.1 Å². The lowest BCUT2D eigenvalue weighted by Gasteiger charge is -2.42. The molecule has 6 nitrogen and oxygen atoms in total. The zero-order valence-electron chi connectivity index (χ0n) is 20.0. The number of anilines is 1. The maximum Gasteiger partial charge on any atom is 0.401 e. The quantitative estimate of drug-likeness (QED) is 0.494. The van der Waals surface area contributed by atoms with Crippen LogP contribution in [-0.4, -0.2) is 59.9 Å². The number of hydrogen-bond acceptors (Lipinski definition) is 4. The van der Waals surface area contributed by atoms with Gasteiger partial charge in [0, 0.05) is 42.2 Å². The van der Waals surface area contributed by atoms with Gasteiger partial charge in [0.25, 0.3) is 0 Å². The molecule has 1 aliphatic heterocycles. The number of aliphatic hydroxyl groups excluding tert-OH is 1. The number of aromatic nitrogens is 1. The van der Waals surface area contributed by atoms with Crippen LogP contribution in [0.3, 0.4) is 0 Å². The van der Waals surface area contributed by atoms with E-state index in [4.69, 9.17) is 4.74 Å². The molecule has 3 N–H and O–H groups in total. The minimum atomic E-state index is -4.12. The van der Waals surface area contributed by atoms with E-state index in [0.29, 0.717) is 50.3 Å². The molecule has 9 heteroatoms. The lowest BCUT2D eigenvalue weighted by Crippen LogP contribution is -2.45. The van der Waals surface area contributed by atoms with Gasteiger partial charge in [-0.25, -0.2) is 0 Å². The van der Waals surface area contributed by atoms with Crippen molar-refractivity contribution >= 4 is 22.5 Å². The second-order valence-corrected chi connectivity index (χ2v) is 11.2. The monoisotopic (exact) mass is 493 g/mol. The first-order chi connectivity index (χ1) is 16.6. The second-order valence-electron chi connectivity index (χ2n) is 11.2. The fourth-order valence-corrected chi connectivity index (χ4v) is 6.58. The summed E-state index contributed by atoms with van der Waals surface area (Å²) in [6.45, 7) is 2.94. The van der Waals surface area contributed by atoms with Crippen LogP contribution in [0.25, 0.3) is 10.9 Å². The molecule has 2 heterocycles. The summed E-state index contributed by atoms with van der Waals surface area (Å²) >= 11 is 0. The molecule has 0 spiro atoms. The average molecular weight is 494 g/mol. The van der Waals surface area contributed by atoms with E-state index in [1.165, 1.54) is 0 Å². The van der Waals surface area contributed by atoms with E-state index in [-0.39, 0.29) is 18.4 Å². The molecule has 0 bridgehead atoms. The number of aromatic amines is 1. The molecule has 2 aromatic rings. The van der Waals surface area contributed by atoms with Crippen molar-refractivity contribution in [3.8, 4) is 5.75 Å². The number of benzene rings is 1. The maximum absolute atomic E-state index is 12.8. The van der Waals surface area contributed by atoms with E-state index in [9.17, 15) is 23.1 Å². The molecule has 35 heavy (non-hydrogen) atoms. The first kappa shape index (κ1) is 24.4. The van der Waals surface area contributed by atoms with Crippen molar-refractivity contribution in [1.82, 2.24) is 9.88 Å². The Hall–Kier alpha value is -2.26. The Bertz CT molecular complexity index is 1050. The number of H-pyrrole nitrogens is 1. The van der Waals surface area contributed by atoms with Crippen molar-refractivity contribution in [1.29, 1.82) is 0 Å². The molecule has 3 aliphatic rings. The summed E-state index contributed by atoms with van der Waals surface area (Å²) < 4.78 is 44.0. The molecule has 1 aromatic carbocycles. The van der Waals surface area contributed by atoms with Gasteiger partial charge in [0.05, 0.1) is 18.8 Å². The molecule has 2 aliphatic carbocycles. The summed E-state index contributed by atoms with van der Waals surface area (Å²) in [6.07, 6.45) is 1.90. The van der Waals surface area contributed by atoms with Crippen LogP contribution >= 0.6 is 0 Å². The third-order valence-corrected chi connectivity index (χ3v) is 8.31. The molecule has 3 fully saturated rings. The van der Waals surface area contributed by atoms with Gasteiger partial charge in [-0.15, -0.1) is 0 Å². The number of halogens is 3. The maximum atomic E-state index is 12.8. The van der Waals surface area contributed by atoms with Crippen LogP contribution in [0.15, 0.2) is 24.4 Å². The molecule has 0 radical (unpaired) electrons. The summed E-state index contributed by atoms with van der Waals surface area (Å²) in [6, 6.07) is 5.77. The van der Waals surface area contributed by atoms with E-state index in [1.807, 2.05) is 25.1 Å². The predicted molar refractivity (Wildman–Crippen MR) is 127 cm³/mol. The predicted octanol–water partition coefficient (Wildman–Crippen LogP) is 4.80. The fraction of sp³-hybridized carbons (Fsp3) is 0.654. The smallest absolute Gasteiger partial charge is 0.401 e. The van der Waals surface area contributed by atoms with Gasteiger partial charge in [-0.1, -0.05) is 6.92 Å². The van der Waals surface area contributed by atoms with Crippen LogP contribution in [0, 0.1) is 29.1 Å². The van der Waals surface area contributed by atoms with Crippen LogP contribution in [0.4, 0.5) is 18.9 Å². The van der Waals surface area contributed by atoms with Gasteiger partial charge in [-0.2, -0.15) is 13.2 Å². The Morgan fingerprint density at radius 1 is 1.23 bits per heavy atom. The zero-order valence-corrected chi connectivity index (χ0v) is 20.0. The first-order valence-electron chi connectivity index (χ1n) is 12.6. The highest BCUT2D eigenvalue weighted by Crippen LogP contribution is 2.46. The van der Waals surface area contributed by atoms with E-state index in [0.717, 1.165) is 41.6 Å². The second kappa shape index (κ2) is 9.32. The number of nitrogens with zero attached hydrogens (tertiary/aromatic N) is 1. The standard InChI is InChI=1S/C26H34F3N3O3/c1-25(9-17(10-25)14-33)24(34)31-23-11-30-22-3-2-20(8-21(22)23)35-5-4-16-6-18-12-32(13-19(18)7-16)15-26(27,28)29/h2-3,8,11,16-19,30,33H,4-7,9-10,12-15H2,1H3,(H,31,34)/t16-,17-,18-,19+,25-. The number of amides is 1. The van der Waals surface area contributed by atoms with Crippen molar-refractivity contribution in [3.05, 3.63) is 24.4 Å². The van der Waals surface area contributed by atoms with Crippen LogP contribution in [0.1, 0.15) is 39.0 Å². The number of alkyl halides is 3. The number of nitrogens with one attached hydrogen (secondary N) is 2. The highest BCUT2D eigenvalue weighted by Gasteiger charge is 2.46. The van der Waals surface area contributed by atoms with Gasteiger partial charge in [0.2, 0.25) is 5.91 Å². The topological polar surface area (TPSA) is 77.6 Å². The van der Waals surface area contributed by atoms with Crippen molar-refractivity contribution < 1.29 is 27.8 Å². The zero-order chi connectivity index (χ0) is 24.8. The van der Waals surface area contributed by atoms with E-state index in [1.54, 1.807) is 11.1 Å². The van der Waals surface area contributed by atoms with Gasteiger partial charge >= 0.3 is 6.18 Å². The summed E-state index contributed by atoms with van der Waals surface area (Å²) in [5.74, 6) is 2.14. The Labute approximate surface area is 203 Å². The van der Waals surface area contributed by atoms with Crippen LogP contribution in [-0.2, 0) is 4.79 Å². The molecule has 2 saturated carbocycles. The molecule has 5 rings (SSSR count). The summed E-state index contributed by atoms with van der Waals surface area (Å²) in [4.78, 5) is 17.5. The van der Waals surface area contributed by atoms with Crippen molar-refractivity contribution in [3.63, 3.8) is 0 Å². The molecule has 0 unspecified atom stereocenters. The third kappa shape index (κ3) is 5.31. The van der Waals surface area contributed by atoms with Gasteiger partial charge in [0.15, 0.2) is 0 Å². The van der Waals surface area contributed by atoms with Crippen molar-refractivity contribution in [2.45, 2.75) is 45.2 Å². The Kier molecular flexibility index (Phi) is 6.50. The minimum Gasteiger partial charge on any atom is -0.494 e. The van der Waals surface area contributed by atoms with E-state index < -0.39 is 18.1 Å². The Morgan fingerprint density at radius 3 is 2.60 bits per heavy atom. The Balaban J connectivity index is 1.11.